The summed E-state index contributed by atoms with van der Waals surface area (Å²) in [5.74, 6) is 0. The van der Waals surface area contributed by atoms with Crippen LogP contribution in [0.2, 0.25) is 0 Å². The second-order valence-corrected chi connectivity index (χ2v) is 17.0. The van der Waals surface area contributed by atoms with E-state index in [1.807, 2.05) is 123 Å². The monoisotopic (exact) mass is 1020 g/mol. The Bertz CT molecular complexity index is 2080. The van der Waals surface area contributed by atoms with Crippen molar-refractivity contribution in [3.05, 3.63) is 114 Å². The van der Waals surface area contributed by atoms with Crippen molar-refractivity contribution in [2.24, 2.45) is 0 Å². The van der Waals surface area contributed by atoms with Crippen LogP contribution < -0.4 is 0 Å². The van der Waals surface area contributed by atoms with Gasteiger partial charge in [-0.15, -0.1) is 0 Å². The Labute approximate surface area is 456 Å². The zero-order valence-corrected chi connectivity index (χ0v) is 50.0. The van der Waals surface area contributed by atoms with Crippen molar-refractivity contribution < 1.29 is 2.74 Å². The molecule has 6 heterocycles. The number of likely N-dealkylation sites (N-methyl/N-ethyl adjacent to an activating group) is 2. The number of aromatic nitrogens is 7. The van der Waals surface area contributed by atoms with Gasteiger partial charge in [0.15, 0.2) is 5.65 Å². The van der Waals surface area contributed by atoms with Crippen LogP contribution in [0.15, 0.2) is 91.9 Å². The van der Waals surface area contributed by atoms with Gasteiger partial charge in [-0.25, -0.2) is 24.6 Å². The predicted molar refractivity (Wildman–Crippen MR) is 323 cm³/mol. The van der Waals surface area contributed by atoms with Crippen molar-refractivity contribution in [1.82, 2.24) is 53.9 Å². The predicted octanol–water partition coefficient (Wildman–Crippen LogP) is 15.1. The van der Waals surface area contributed by atoms with E-state index in [1.165, 1.54) is 60.6 Å². The Balaban J connectivity index is 0.000000603. The SMILES string of the molecule is CC.CC.CC.CC.CC.CC.CC.CC.[2H]CN1CCN(C2CCC(n3cc(Cc4ccccc4)c4cncnc43)CC2)CC1.[2H]CN1CCN(C2CCC(n3nc(Cc4ccccc4)c4cncnc43)CC2)CC1. The minimum absolute atomic E-state index is 0.415. The maximum Gasteiger partial charge on any atom is 0.161 e. The van der Waals surface area contributed by atoms with Crippen molar-refractivity contribution >= 4 is 22.1 Å². The fraction of sp³-hybridized carbons (Fsp3) is 0.635. The number of nitrogens with zero attached hydrogens (tertiary/aromatic N) is 11. The molecule has 2 aromatic carbocycles. The maximum atomic E-state index is 7.56. The Morgan fingerprint density at radius 1 is 0.446 bits per heavy atom. The molecule has 2 saturated heterocycles. The molecule has 0 unspecified atom stereocenters. The first-order valence-corrected chi connectivity index (χ1v) is 29.7. The molecule has 11 heteroatoms. The lowest BCUT2D eigenvalue weighted by Crippen LogP contribution is -2.49. The fourth-order valence-corrected chi connectivity index (χ4v) is 10.0. The molecule has 0 bridgehead atoms. The minimum Gasteiger partial charge on any atom is -0.329 e. The van der Waals surface area contributed by atoms with Crippen molar-refractivity contribution in [2.75, 3.05) is 66.4 Å². The zero-order valence-electron chi connectivity index (χ0n) is 52.0. The van der Waals surface area contributed by atoms with Crippen LogP contribution in [-0.4, -0.2) is 132 Å². The molecule has 4 fully saturated rings. The van der Waals surface area contributed by atoms with Gasteiger partial charge in [0.25, 0.3) is 0 Å². The highest BCUT2D eigenvalue weighted by molar-refractivity contribution is 5.80. The smallest absolute Gasteiger partial charge is 0.161 e. The standard InChI is InChI=1S/C24H31N5.C23H30N6.8C2H6/c1-27-11-13-28(14-12-27)21-7-9-22(10-8-21)29-17-20(15-19-5-3-2-4-6-19)23-16-25-18-26-24(23)29;1-27-11-13-28(14-12-27)19-7-9-20(10-8-19)29-23-21(16-24-17-25-23)22(26-29)15-18-5-3-2-4-6-18;8*1-2/h2-6,16-18,21-22H,7-15H2,1H3;2-6,16-17,19-20H,7-15H2,1H3;8*1-2H3/i2*1D;;;;;;;;. The first-order valence-electron chi connectivity index (χ1n) is 31.1. The lowest BCUT2D eigenvalue weighted by Gasteiger charge is -2.41. The third-order valence-corrected chi connectivity index (χ3v) is 13.4. The topological polar surface area (TPSA) is 87.3 Å². The third-order valence-electron chi connectivity index (χ3n) is 13.4. The zero-order chi connectivity index (χ0) is 56.7. The lowest BCUT2D eigenvalue weighted by molar-refractivity contribution is 0.0814. The summed E-state index contributed by atoms with van der Waals surface area (Å²) in [5.41, 5.74) is 7.06. The van der Waals surface area contributed by atoms with Crippen LogP contribution in [0.4, 0.5) is 0 Å². The summed E-state index contributed by atoms with van der Waals surface area (Å²) in [6, 6.07) is 23.5. The highest BCUT2D eigenvalue weighted by Crippen LogP contribution is 2.36. The molecule has 2 aliphatic heterocycles. The van der Waals surface area contributed by atoms with Gasteiger partial charge in [-0.2, -0.15) is 5.10 Å². The number of hydrogen-bond acceptors (Lipinski definition) is 9. The van der Waals surface area contributed by atoms with Crippen molar-refractivity contribution in [3.63, 3.8) is 0 Å². The van der Waals surface area contributed by atoms with E-state index in [1.54, 1.807) is 12.7 Å². The van der Waals surface area contributed by atoms with Gasteiger partial charge in [-0.3, -0.25) is 9.80 Å². The number of piperazine rings is 2. The van der Waals surface area contributed by atoms with E-state index in [-0.39, 0.29) is 0 Å². The number of hydrogen-bond donors (Lipinski definition) is 0. The maximum absolute atomic E-state index is 7.56. The fourth-order valence-electron chi connectivity index (χ4n) is 10.0. The Morgan fingerprint density at radius 2 is 0.838 bits per heavy atom. The average molecular weight is 1020 g/mol. The van der Waals surface area contributed by atoms with Crippen molar-refractivity contribution in [1.29, 1.82) is 0 Å². The normalized spacial score (nSPS) is 19.9. The summed E-state index contributed by atoms with van der Waals surface area (Å²) in [4.78, 5) is 27.6. The second kappa shape index (κ2) is 40.7. The largest absolute Gasteiger partial charge is 0.329 e. The summed E-state index contributed by atoms with van der Waals surface area (Å²) in [7, 11) is 0.870. The van der Waals surface area contributed by atoms with Crippen LogP contribution in [0.25, 0.3) is 22.1 Å². The van der Waals surface area contributed by atoms with E-state index in [0.29, 0.717) is 38.2 Å². The molecule has 0 spiro atoms. The molecule has 4 aliphatic rings. The first-order chi connectivity index (χ1) is 37.6. The van der Waals surface area contributed by atoms with E-state index in [9.17, 15) is 0 Å². The van der Waals surface area contributed by atoms with Gasteiger partial charge in [0.2, 0.25) is 0 Å². The lowest BCUT2D eigenvalue weighted by atomic mass is 9.89. The molecular weight excluding hydrogens is 911 g/mol. The van der Waals surface area contributed by atoms with Gasteiger partial charge in [0.05, 0.1) is 17.1 Å². The summed E-state index contributed by atoms with van der Waals surface area (Å²) < 4.78 is 19.7. The first kappa shape index (κ1) is 63.7. The molecular formula is C63H109N11. The van der Waals surface area contributed by atoms with Gasteiger partial charge >= 0.3 is 0 Å². The van der Waals surface area contributed by atoms with Crippen LogP contribution in [0.5, 0.6) is 0 Å². The summed E-state index contributed by atoms with van der Waals surface area (Å²) >= 11 is 0. The average Bonchev–Trinajstić information content (AvgIpc) is 4.10. The molecule has 4 aromatic heterocycles. The Hall–Kier alpha value is -4.55. The van der Waals surface area contributed by atoms with Gasteiger partial charge < -0.3 is 14.4 Å². The van der Waals surface area contributed by atoms with E-state index in [0.717, 1.165) is 100 Å². The van der Waals surface area contributed by atoms with Crippen LogP contribution in [0, 0.1) is 0 Å². The van der Waals surface area contributed by atoms with E-state index in [4.69, 9.17) is 7.84 Å². The number of benzene rings is 2. The van der Waals surface area contributed by atoms with Crippen molar-refractivity contribution in [2.45, 2.75) is 199 Å². The van der Waals surface area contributed by atoms with Gasteiger partial charge in [0, 0.05) is 104 Å². The highest BCUT2D eigenvalue weighted by atomic mass is 15.3. The molecule has 0 N–H and O–H groups in total. The molecule has 10 rings (SSSR count). The Kier molecular flexibility index (Phi) is 35.1. The molecule has 74 heavy (non-hydrogen) atoms. The summed E-state index contributed by atoms with van der Waals surface area (Å²) in [6.45, 7) is 40.6. The molecule has 2 aliphatic carbocycles. The van der Waals surface area contributed by atoms with E-state index >= 15 is 0 Å². The summed E-state index contributed by atoms with van der Waals surface area (Å²) in [6.07, 6.45) is 21.0. The van der Waals surface area contributed by atoms with Crippen LogP contribution >= 0.6 is 0 Å². The molecule has 416 valence electrons. The van der Waals surface area contributed by atoms with Gasteiger partial charge in [-0.05, 0) is 88.5 Å². The quantitative estimate of drug-likeness (QED) is 0.148. The molecule has 0 amide bonds. The Morgan fingerprint density at radius 3 is 1.28 bits per heavy atom. The summed E-state index contributed by atoms with van der Waals surface area (Å²) in [5, 5.41) is 7.31. The highest BCUT2D eigenvalue weighted by Gasteiger charge is 2.31. The molecule has 11 nitrogen and oxygen atoms in total. The number of fused-ring (bicyclic) bond motifs is 2. The number of rotatable bonds is 8. The molecule has 0 atom stereocenters. The van der Waals surface area contributed by atoms with Crippen molar-refractivity contribution in [3.8, 4) is 0 Å². The van der Waals surface area contributed by atoms with E-state index in [2.05, 4.69) is 116 Å². The second-order valence-electron chi connectivity index (χ2n) is 17.0. The minimum atomic E-state index is 0.415. The van der Waals surface area contributed by atoms with Gasteiger partial charge in [0.1, 0.15) is 18.3 Å². The molecule has 0 radical (unpaired) electrons. The van der Waals surface area contributed by atoms with E-state index < -0.39 is 0 Å². The van der Waals surface area contributed by atoms with Crippen LogP contribution in [0.3, 0.4) is 0 Å². The molecule has 6 aromatic rings. The van der Waals surface area contributed by atoms with Gasteiger partial charge in [-0.1, -0.05) is 171 Å². The van der Waals surface area contributed by atoms with Crippen LogP contribution in [0.1, 0.15) is 199 Å². The molecule has 2 saturated carbocycles. The third kappa shape index (κ3) is 20.2. The van der Waals surface area contributed by atoms with Crippen LogP contribution in [-0.2, 0) is 12.8 Å².